The average molecular weight is 242 g/mol. The number of unbranched alkanes of at least 4 members (excludes halogenated alkanes) is 2. The molecule has 0 rings (SSSR count). The van der Waals surface area contributed by atoms with Crippen LogP contribution in [0.5, 0.6) is 0 Å². The van der Waals surface area contributed by atoms with Gasteiger partial charge < -0.3 is 10.2 Å². The van der Waals surface area contributed by atoms with Gasteiger partial charge in [-0.2, -0.15) is 8.42 Å². The zero-order valence-electron chi connectivity index (χ0n) is 8.76. The van der Waals surface area contributed by atoms with E-state index in [-0.39, 0.29) is 6.61 Å². The third-order valence-electron chi connectivity index (χ3n) is 1.59. The maximum absolute atomic E-state index is 11.0. The van der Waals surface area contributed by atoms with Gasteiger partial charge in [-0.15, -0.1) is 0 Å². The minimum absolute atomic E-state index is 0.0748. The molecule has 0 saturated heterocycles. The van der Waals surface area contributed by atoms with Crippen molar-refractivity contribution in [2.75, 3.05) is 19.8 Å². The lowest BCUT2D eigenvalue weighted by Gasteiger charge is -2.08. The lowest BCUT2D eigenvalue weighted by Crippen LogP contribution is -2.23. The van der Waals surface area contributed by atoms with E-state index in [1.165, 1.54) is 0 Å². The number of aliphatic hydroxyl groups is 2. The van der Waals surface area contributed by atoms with Crippen molar-refractivity contribution >= 4 is 10.4 Å². The fraction of sp³-hybridized carbons (Fsp3) is 1.00. The fourth-order valence-corrected chi connectivity index (χ4v) is 1.48. The van der Waals surface area contributed by atoms with E-state index in [1.807, 2.05) is 6.92 Å². The summed E-state index contributed by atoms with van der Waals surface area (Å²) < 4.78 is 30.7. The molecule has 1 atom stereocenters. The highest BCUT2D eigenvalue weighted by Gasteiger charge is 2.14. The second kappa shape index (κ2) is 8.00. The fourth-order valence-electron chi connectivity index (χ4n) is 0.762. The van der Waals surface area contributed by atoms with Crippen LogP contribution in [0.15, 0.2) is 0 Å². The molecule has 0 aromatic carbocycles. The number of hydrogen-bond acceptors (Lipinski definition) is 6. The Bertz CT molecular complexity index is 238. The van der Waals surface area contributed by atoms with Crippen molar-refractivity contribution in [3.05, 3.63) is 0 Å². The van der Waals surface area contributed by atoms with E-state index in [9.17, 15) is 8.42 Å². The average Bonchev–Trinajstić information content (AvgIpc) is 2.21. The van der Waals surface area contributed by atoms with Gasteiger partial charge in [0.1, 0.15) is 6.10 Å². The Balaban J connectivity index is 3.68. The van der Waals surface area contributed by atoms with Crippen LogP contribution in [-0.2, 0) is 18.8 Å². The highest BCUT2D eigenvalue weighted by Crippen LogP contribution is 2.01. The normalized spacial score (nSPS) is 14.1. The Hall–Kier alpha value is -0.210. The molecule has 0 amide bonds. The van der Waals surface area contributed by atoms with Crippen LogP contribution in [-0.4, -0.2) is 44.6 Å². The summed E-state index contributed by atoms with van der Waals surface area (Å²) in [4.78, 5) is 0. The van der Waals surface area contributed by atoms with Crippen molar-refractivity contribution in [3.8, 4) is 0 Å². The van der Waals surface area contributed by atoms with Crippen molar-refractivity contribution in [1.29, 1.82) is 0 Å². The largest absolute Gasteiger partial charge is 0.399 e. The van der Waals surface area contributed by atoms with Crippen LogP contribution in [0, 0.1) is 0 Å². The molecule has 0 heterocycles. The molecular formula is C8H18O6S. The summed E-state index contributed by atoms with van der Waals surface area (Å²) in [6.45, 7) is 1.02. The van der Waals surface area contributed by atoms with E-state index in [2.05, 4.69) is 8.37 Å². The smallest absolute Gasteiger partial charge is 0.394 e. The van der Waals surface area contributed by atoms with Gasteiger partial charge in [-0.3, -0.25) is 0 Å². The van der Waals surface area contributed by atoms with Crippen LogP contribution < -0.4 is 0 Å². The van der Waals surface area contributed by atoms with Crippen molar-refractivity contribution < 1.29 is 27.0 Å². The maximum Gasteiger partial charge on any atom is 0.399 e. The molecule has 15 heavy (non-hydrogen) atoms. The monoisotopic (exact) mass is 242 g/mol. The van der Waals surface area contributed by atoms with E-state index < -0.39 is 29.7 Å². The maximum atomic E-state index is 11.0. The molecule has 0 bridgehead atoms. The quantitative estimate of drug-likeness (QED) is 0.544. The molecule has 0 saturated carbocycles. The van der Waals surface area contributed by atoms with Gasteiger partial charge >= 0.3 is 10.4 Å². The van der Waals surface area contributed by atoms with Crippen molar-refractivity contribution in [3.63, 3.8) is 0 Å². The van der Waals surface area contributed by atoms with E-state index in [0.29, 0.717) is 6.42 Å². The summed E-state index contributed by atoms with van der Waals surface area (Å²) in [6, 6.07) is 0. The van der Waals surface area contributed by atoms with Crippen LogP contribution in [0.4, 0.5) is 0 Å². The zero-order chi connectivity index (χ0) is 11.7. The molecular weight excluding hydrogens is 224 g/mol. The van der Waals surface area contributed by atoms with Crippen LogP contribution in [0.1, 0.15) is 26.2 Å². The third-order valence-corrected chi connectivity index (χ3v) is 2.47. The Labute approximate surface area is 90.2 Å². The van der Waals surface area contributed by atoms with Gasteiger partial charge in [0.2, 0.25) is 0 Å². The highest BCUT2D eigenvalue weighted by molar-refractivity contribution is 7.81. The standard InChI is InChI=1S/C8H18O6S/c1-2-3-4-5-13-15(11,12)14-7-8(10)6-9/h8-10H,2-7H2,1H3. The van der Waals surface area contributed by atoms with Gasteiger partial charge in [0.05, 0.1) is 19.8 Å². The minimum atomic E-state index is -4.04. The molecule has 0 aromatic rings. The molecule has 7 heteroatoms. The SMILES string of the molecule is CCCCCOS(=O)(=O)OCC(O)CO. The van der Waals surface area contributed by atoms with Gasteiger partial charge in [-0.25, -0.2) is 8.37 Å². The first-order valence-corrected chi connectivity index (χ1v) is 6.18. The van der Waals surface area contributed by atoms with Gasteiger partial charge in [0.25, 0.3) is 0 Å². The highest BCUT2D eigenvalue weighted by atomic mass is 32.3. The second-order valence-electron chi connectivity index (χ2n) is 3.06. The zero-order valence-corrected chi connectivity index (χ0v) is 9.57. The molecule has 0 aromatic heterocycles. The summed E-state index contributed by atoms with van der Waals surface area (Å²) in [5.41, 5.74) is 0. The molecule has 6 nitrogen and oxygen atoms in total. The van der Waals surface area contributed by atoms with Crippen LogP contribution in [0.25, 0.3) is 0 Å². The van der Waals surface area contributed by atoms with Crippen molar-refractivity contribution in [1.82, 2.24) is 0 Å². The van der Waals surface area contributed by atoms with Gasteiger partial charge in [0.15, 0.2) is 0 Å². The lowest BCUT2D eigenvalue weighted by atomic mass is 10.3. The molecule has 2 N–H and O–H groups in total. The Morgan fingerprint density at radius 1 is 1.27 bits per heavy atom. The number of rotatable bonds is 9. The van der Waals surface area contributed by atoms with E-state index in [1.54, 1.807) is 0 Å². The summed E-state index contributed by atoms with van der Waals surface area (Å²) in [5.74, 6) is 0. The third kappa shape index (κ3) is 8.76. The predicted octanol–water partition coefficient (Wildman–Crippen LogP) is -0.192. The first-order chi connectivity index (χ1) is 7.02. The molecule has 0 spiro atoms. The van der Waals surface area contributed by atoms with Gasteiger partial charge in [-0.05, 0) is 6.42 Å². The predicted molar refractivity (Wildman–Crippen MR) is 53.4 cm³/mol. The van der Waals surface area contributed by atoms with Crippen LogP contribution >= 0.6 is 0 Å². The first kappa shape index (κ1) is 14.8. The minimum Gasteiger partial charge on any atom is -0.394 e. The van der Waals surface area contributed by atoms with Crippen molar-refractivity contribution in [2.24, 2.45) is 0 Å². The molecule has 0 radical (unpaired) electrons. The van der Waals surface area contributed by atoms with Gasteiger partial charge in [-0.1, -0.05) is 19.8 Å². The van der Waals surface area contributed by atoms with Crippen LogP contribution in [0.2, 0.25) is 0 Å². The number of aliphatic hydroxyl groups excluding tert-OH is 2. The lowest BCUT2D eigenvalue weighted by molar-refractivity contribution is 0.0488. The van der Waals surface area contributed by atoms with Crippen LogP contribution in [0.3, 0.4) is 0 Å². The molecule has 0 aliphatic heterocycles. The molecule has 0 aliphatic carbocycles. The number of hydrogen-bond donors (Lipinski definition) is 2. The Kier molecular flexibility index (Phi) is 7.89. The van der Waals surface area contributed by atoms with E-state index >= 15 is 0 Å². The molecule has 92 valence electrons. The first-order valence-electron chi connectivity index (χ1n) is 4.84. The Morgan fingerprint density at radius 2 is 1.93 bits per heavy atom. The van der Waals surface area contributed by atoms with Gasteiger partial charge in [0, 0.05) is 0 Å². The van der Waals surface area contributed by atoms with Crippen molar-refractivity contribution in [2.45, 2.75) is 32.3 Å². The molecule has 1 unspecified atom stereocenters. The Morgan fingerprint density at radius 3 is 2.47 bits per heavy atom. The molecule has 0 fully saturated rings. The summed E-state index contributed by atoms with van der Waals surface area (Å²) in [6.07, 6.45) is 1.28. The topological polar surface area (TPSA) is 93.1 Å². The summed E-state index contributed by atoms with van der Waals surface area (Å²) in [5, 5.41) is 17.2. The van der Waals surface area contributed by atoms with E-state index in [4.69, 9.17) is 10.2 Å². The van der Waals surface area contributed by atoms with E-state index in [0.717, 1.165) is 12.8 Å². The summed E-state index contributed by atoms with van der Waals surface area (Å²) in [7, 11) is -4.04. The second-order valence-corrected chi connectivity index (χ2v) is 4.35. The summed E-state index contributed by atoms with van der Waals surface area (Å²) >= 11 is 0. The molecule has 0 aliphatic rings.